The number of nitrogens with one attached hydrogen (secondary N) is 1. The molecule has 0 bridgehead atoms. The van der Waals surface area contributed by atoms with E-state index in [2.05, 4.69) is 43.4 Å². The van der Waals surface area contributed by atoms with E-state index in [9.17, 15) is 9.50 Å². The lowest BCUT2D eigenvalue weighted by molar-refractivity contribution is 0.169. The van der Waals surface area contributed by atoms with Crippen molar-refractivity contribution in [3.63, 3.8) is 0 Å². The summed E-state index contributed by atoms with van der Waals surface area (Å²) >= 11 is 0. The monoisotopic (exact) mass is 287 g/mol. The first-order valence-electron chi connectivity index (χ1n) is 7.30. The molecule has 2 nitrogen and oxygen atoms in total. The Balaban J connectivity index is 1.85. The topological polar surface area (TPSA) is 32.3 Å². The second-order valence-corrected chi connectivity index (χ2v) is 5.56. The van der Waals surface area contributed by atoms with Crippen LogP contribution in [0.25, 0.3) is 0 Å². The van der Waals surface area contributed by atoms with Crippen molar-refractivity contribution in [3.05, 3.63) is 71.0 Å². The molecule has 0 saturated carbocycles. The number of aliphatic hydroxyl groups is 1. The fraction of sp³-hybridized carbons (Fsp3) is 0.333. The van der Waals surface area contributed by atoms with Gasteiger partial charge in [0.05, 0.1) is 6.10 Å². The van der Waals surface area contributed by atoms with Gasteiger partial charge in [0.15, 0.2) is 0 Å². The van der Waals surface area contributed by atoms with Gasteiger partial charge in [0, 0.05) is 18.7 Å². The van der Waals surface area contributed by atoms with Gasteiger partial charge < -0.3 is 10.4 Å². The van der Waals surface area contributed by atoms with Crippen molar-refractivity contribution in [3.8, 4) is 0 Å². The summed E-state index contributed by atoms with van der Waals surface area (Å²) in [4.78, 5) is 0. The second kappa shape index (κ2) is 7.34. The lowest BCUT2D eigenvalue weighted by Gasteiger charge is -2.13. The van der Waals surface area contributed by atoms with Crippen molar-refractivity contribution in [2.45, 2.75) is 32.4 Å². The summed E-state index contributed by atoms with van der Waals surface area (Å²) in [6, 6.07) is 14.7. The minimum Gasteiger partial charge on any atom is -0.387 e. The Morgan fingerprint density at radius 1 is 1.05 bits per heavy atom. The molecule has 3 heteroatoms. The van der Waals surface area contributed by atoms with Crippen LogP contribution in [-0.2, 0) is 6.54 Å². The second-order valence-electron chi connectivity index (χ2n) is 5.56. The molecular formula is C18H22FNO. The molecule has 0 aromatic heterocycles. The first kappa shape index (κ1) is 15.7. The predicted molar refractivity (Wildman–Crippen MR) is 83.6 cm³/mol. The van der Waals surface area contributed by atoms with Crippen LogP contribution >= 0.6 is 0 Å². The van der Waals surface area contributed by atoms with Crippen LogP contribution in [0, 0.1) is 5.82 Å². The number of hydrogen-bond acceptors (Lipinski definition) is 2. The maximum absolute atomic E-state index is 13.5. The highest BCUT2D eigenvalue weighted by Gasteiger charge is 2.11. The molecular weight excluding hydrogens is 265 g/mol. The number of halogens is 1. The molecule has 0 radical (unpaired) electrons. The molecule has 1 atom stereocenters. The third kappa shape index (κ3) is 4.38. The maximum Gasteiger partial charge on any atom is 0.129 e. The van der Waals surface area contributed by atoms with Crippen LogP contribution in [0.2, 0.25) is 0 Å². The van der Waals surface area contributed by atoms with Crippen LogP contribution in [0.1, 0.15) is 42.6 Å². The average molecular weight is 287 g/mol. The van der Waals surface area contributed by atoms with E-state index in [1.165, 1.54) is 11.6 Å². The fourth-order valence-corrected chi connectivity index (χ4v) is 2.23. The third-order valence-corrected chi connectivity index (χ3v) is 3.58. The highest BCUT2D eigenvalue weighted by Crippen LogP contribution is 2.17. The van der Waals surface area contributed by atoms with Crippen LogP contribution < -0.4 is 5.32 Å². The summed E-state index contributed by atoms with van der Waals surface area (Å²) in [5, 5.41) is 13.2. The number of benzene rings is 2. The van der Waals surface area contributed by atoms with E-state index in [4.69, 9.17) is 0 Å². The lowest BCUT2D eigenvalue weighted by Crippen LogP contribution is -2.21. The molecule has 1 unspecified atom stereocenters. The summed E-state index contributed by atoms with van der Waals surface area (Å²) in [6.45, 7) is 5.31. The standard InChI is InChI=1S/C18H22FNO/c1-13(2)15-9-7-14(8-10-15)11-20-12-18(21)16-5-3-4-6-17(16)19/h3-10,13,18,20-21H,11-12H2,1-2H3. The molecule has 0 fully saturated rings. The Morgan fingerprint density at radius 2 is 1.71 bits per heavy atom. The van der Waals surface area contributed by atoms with Gasteiger partial charge in [0.1, 0.15) is 5.82 Å². The van der Waals surface area contributed by atoms with Crippen molar-refractivity contribution in [1.82, 2.24) is 5.32 Å². The van der Waals surface area contributed by atoms with Crippen LogP contribution in [0.15, 0.2) is 48.5 Å². The molecule has 0 saturated heterocycles. The van der Waals surface area contributed by atoms with Crippen molar-refractivity contribution in [2.24, 2.45) is 0 Å². The minimum absolute atomic E-state index is 0.326. The zero-order valence-electron chi connectivity index (χ0n) is 12.5. The SMILES string of the molecule is CC(C)c1ccc(CNCC(O)c2ccccc2F)cc1. The lowest BCUT2D eigenvalue weighted by atomic mass is 10.0. The molecule has 2 N–H and O–H groups in total. The molecule has 0 heterocycles. The summed E-state index contributed by atoms with van der Waals surface area (Å²) in [6.07, 6.45) is -0.832. The average Bonchev–Trinajstić information content (AvgIpc) is 2.48. The Hall–Kier alpha value is -1.71. The highest BCUT2D eigenvalue weighted by atomic mass is 19.1. The Labute approximate surface area is 125 Å². The molecule has 0 aliphatic heterocycles. The van der Waals surface area contributed by atoms with Crippen LogP contribution in [0.4, 0.5) is 4.39 Å². The highest BCUT2D eigenvalue weighted by molar-refractivity contribution is 5.24. The predicted octanol–water partition coefficient (Wildman–Crippen LogP) is 3.77. The van der Waals surface area contributed by atoms with E-state index in [1.807, 2.05) is 0 Å². The molecule has 0 aliphatic carbocycles. The van der Waals surface area contributed by atoms with Crippen molar-refractivity contribution < 1.29 is 9.50 Å². The summed E-state index contributed by atoms with van der Waals surface area (Å²) in [7, 11) is 0. The molecule has 21 heavy (non-hydrogen) atoms. The summed E-state index contributed by atoms with van der Waals surface area (Å²) in [5.74, 6) is 0.156. The Kier molecular flexibility index (Phi) is 5.48. The first-order valence-corrected chi connectivity index (χ1v) is 7.30. The zero-order chi connectivity index (χ0) is 15.2. The van der Waals surface area contributed by atoms with Gasteiger partial charge >= 0.3 is 0 Å². The molecule has 2 aromatic rings. The van der Waals surface area contributed by atoms with Gasteiger partial charge in [-0.15, -0.1) is 0 Å². The first-order chi connectivity index (χ1) is 10.1. The van der Waals surface area contributed by atoms with Gasteiger partial charge in [0.25, 0.3) is 0 Å². The Morgan fingerprint density at radius 3 is 2.33 bits per heavy atom. The smallest absolute Gasteiger partial charge is 0.129 e. The summed E-state index contributed by atoms with van der Waals surface area (Å²) in [5.41, 5.74) is 2.80. The van der Waals surface area contributed by atoms with Gasteiger partial charge in [-0.2, -0.15) is 0 Å². The largest absolute Gasteiger partial charge is 0.387 e. The number of aliphatic hydroxyl groups excluding tert-OH is 1. The fourth-order valence-electron chi connectivity index (χ4n) is 2.23. The van der Waals surface area contributed by atoms with Crippen molar-refractivity contribution >= 4 is 0 Å². The van der Waals surface area contributed by atoms with Gasteiger partial charge in [-0.1, -0.05) is 56.3 Å². The van der Waals surface area contributed by atoms with E-state index in [-0.39, 0.29) is 5.82 Å². The number of hydrogen-bond donors (Lipinski definition) is 2. The van der Waals surface area contributed by atoms with E-state index in [0.29, 0.717) is 24.6 Å². The van der Waals surface area contributed by atoms with Crippen molar-refractivity contribution in [2.75, 3.05) is 6.54 Å². The third-order valence-electron chi connectivity index (χ3n) is 3.58. The number of rotatable bonds is 6. The van der Waals surface area contributed by atoms with Crippen LogP contribution in [-0.4, -0.2) is 11.7 Å². The van der Waals surface area contributed by atoms with Crippen LogP contribution in [0.3, 0.4) is 0 Å². The quantitative estimate of drug-likeness (QED) is 0.847. The van der Waals surface area contributed by atoms with Gasteiger partial charge in [-0.05, 0) is 23.1 Å². The van der Waals surface area contributed by atoms with Gasteiger partial charge in [0.2, 0.25) is 0 Å². The molecule has 0 aliphatic rings. The van der Waals surface area contributed by atoms with E-state index >= 15 is 0 Å². The molecule has 0 spiro atoms. The molecule has 112 valence electrons. The Bertz CT molecular complexity index is 566. The molecule has 2 aromatic carbocycles. The maximum atomic E-state index is 13.5. The summed E-state index contributed by atoms with van der Waals surface area (Å²) < 4.78 is 13.5. The van der Waals surface area contributed by atoms with Gasteiger partial charge in [-0.3, -0.25) is 0 Å². The van der Waals surface area contributed by atoms with E-state index < -0.39 is 6.10 Å². The minimum atomic E-state index is -0.832. The zero-order valence-corrected chi connectivity index (χ0v) is 12.5. The van der Waals surface area contributed by atoms with E-state index in [1.54, 1.807) is 18.2 Å². The normalized spacial score (nSPS) is 12.6. The van der Waals surface area contributed by atoms with Gasteiger partial charge in [-0.25, -0.2) is 4.39 Å². The van der Waals surface area contributed by atoms with E-state index in [0.717, 1.165) is 5.56 Å². The van der Waals surface area contributed by atoms with Crippen molar-refractivity contribution in [1.29, 1.82) is 0 Å². The molecule has 2 rings (SSSR count). The molecule has 0 amide bonds. The van der Waals surface area contributed by atoms with Crippen LogP contribution in [0.5, 0.6) is 0 Å².